The molecule has 134 valence electrons. The summed E-state index contributed by atoms with van der Waals surface area (Å²) < 4.78 is 5.74. The predicted molar refractivity (Wildman–Crippen MR) is 104 cm³/mol. The monoisotopic (exact) mass is 339 g/mol. The minimum Gasteiger partial charge on any atom is -0.507 e. The van der Waals surface area contributed by atoms with Crippen molar-refractivity contribution >= 4 is 0 Å². The Balaban J connectivity index is 1.78. The van der Waals surface area contributed by atoms with Gasteiger partial charge in [-0.2, -0.15) is 0 Å². The number of benzene rings is 2. The van der Waals surface area contributed by atoms with E-state index in [-0.39, 0.29) is 5.75 Å². The smallest absolute Gasteiger partial charge is 0.123 e. The lowest BCUT2D eigenvalue weighted by Gasteiger charge is -2.14. The lowest BCUT2D eigenvalue weighted by molar-refractivity contribution is 0.304. The van der Waals surface area contributed by atoms with Crippen molar-refractivity contribution in [3.05, 3.63) is 72.3 Å². The number of allylic oxidation sites excluding steroid dienone is 1. The highest BCUT2D eigenvalue weighted by atomic mass is 16.5. The first-order valence-corrected chi connectivity index (χ1v) is 9.03. The van der Waals surface area contributed by atoms with Gasteiger partial charge < -0.3 is 15.2 Å². The molecular weight excluding hydrogens is 310 g/mol. The van der Waals surface area contributed by atoms with Crippen LogP contribution in [0.1, 0.15) is 37.3 Å². The van der Waals surface area contributed by atoms with Crippen LogP contribution in [-0.4, -0.2) is 11.7 Å². The molecule has 25 heavy (non-hydrogen) atoms. The fourth-order valence-corrected chi connectivity index (χ4v) is 2.78. The number of ether oxygens (including phenoxy) is 1. The van der Waals surface area contributed by atoms with E-state index < -0.39 is 0 Å². The first kappa shape index (κ1) is 19.1. The number of hydrogen-bond acceptors (Lipinski definition) is 3. The lowest BCUT2D eigenvalue weighted by Crippen LogP contribution is -2.17. The summed E-state index contributed by atoms with van der Waals surface area (Å²) in [5, 5.41) is 13.6. The van der Waals surface area contributed by atoms with Gasteiger partial charge in [0.2, 0.25) is 0 Å². The van der Waals surface area contributed by atoms with Crippen LogP contribution in [0, 0.1) is 5.92 Å². The fraction of sp³-hybridized carbons (Fsp3) is 0.364. The van der Waals surface area contributed by atoms with Crippen LogP contribution in [0.25, 0.3) is 0 Å². The van der Waals surface area contributed by atoms with Crippen LogP contribution in [0.4, 0.5) is 0 Å². The highest BCUT2D eigenvalue weighted by Crippen LogP contribution is 2.24. The molecule has 2 aromatic carbocycles. The summed E-state index contributed by atoms with van der Waals surface area (Å²) in [6, 6.07) is 15.5. The molecule has 0 aliphatic heterocycles. The number of aromatic hydroxyl groups is 1. The molecule has 0 saturated carbocycles. The Morgan fingerprint density at radius 3 is 2.68 bits per heavy atom. The minimum absolute atomic E-state index is 0.274. The molecule has 1 unspecified atom stereocenters. The van der Waals surface area contributed by atoms with Gasteiger partial charge in [-0.05, 0) is 36.9 Å². The summed E-state index contributed by atoms with van der Waals surface area (Å²) in [5.74, 6) is 1.64. The average molecular weight is 339 g/mol. The highest BCUT2D eigenvalue weighted by molar-refractivity contribution is 5.39. The van der Waals surface area contributed by atoms with Crippen LogP contribution >= 0.6 is 0 Å². The zero-order valence-corrected chi connectivity index (χ0v) is 15.1. The van der Waals surface area contributed by atoms with Crippen LogP contribution in [-0.2, 0) is 13.2 Å². The lowest BCUT2D eigenvalue weighted by atomic mass is 9.98. The molecule has 0 radical (unpaired) electrons. The van der Waals surface area contributed by atoms with Crippen molar-refractivity contribution < 1.29 is 9.84 Å². The number of phenols is 1. The second-order valence-corrected chi connectivity index (χ2v) is 6.33. The summed E-state index contributed by atoms with van der Waals surface area (Å²) in [6.45, 7) is 8.13. The molecule has 0 saturated heterocycles. The van der Waals surface area contributed by atoms with Gasteiger partial charge in [0.15, 0.2) is 0 Å². The summed E-state index contributed by atoms with van der Waals surface area (Å²) in [6.07, 6.45) is 5.36. The quantitative estimate of drug-likeness (QED) is 0.444. The first-order chi connectivity index (χ1) is 12.2. The first-order valence-electron chi connectivity index (χ1n) is 9.03. The Kier molecular flexibility index (Phi) is 8.06. The zero-order chi connectivity index (χ0) is 17.9. The average Bonchev–Trinajstić information content (AvgIpc) is 2.64. The van der Waals surface area contributed by atoms with Crippen molar-refractivity contribution in [3.8, 4) is 11.5 Å². The van der Waals surface area contributed by atoms with Gasteiger partial charge in [0, 0.05) is 18.2 Å². The van der Waals surface area contributed by atoms with E-state index in [9.17, 15) is 5.11 Å². The van der Waals surface area contributed by atoms with Gasteiger partial charge in [-0.3, -0.25) is 0 Å². The molecule has 2 N–H and O–H groups in total. The topological polar surface area (TPSA) is 41.5 Å². The molecule has 0 bridgehead atoms. The maximum atomic E-state index is 10.2. The Labute approximate surface area is 151 Å². The second-order valence-electron chi connectivity index (χ2n) is 6.33. The normalized spacial score (nSPS) is 11.9. The standard InChI is InChI=1S/C22H29NO2/c1-3-8-18(4-2)13-14-23-16-20-11-12-21(15-22(20)24)25-17-19-9-6-5-7-10-19/h3,5-7,9-12,15,18,23-24H,1,4,8,13-14,16-17H2,2H3. The summed E-state index contributed by atoms with van der Waals surface area (Å²) in [7, 11) is 0. The minimum atomic E-state index is 0.274. The Morgan fingerprint density at radius 1 is 1.20 bits per heavy atom. The maximum Gasteiger partial charge on any atom is 0.123 e. The molecule has 2 rings (SSSR count). The van der Waals surface area contributed by atoms with E-state index in [4.69, 9.17) is 4.74 Å². The van der Waals surface area contributed by atoms with Crippen molar-refractivity contribution in [2.75, 3.05) is 6.54 Å². The molecule has 0 spiro atoms. The second kappa shape index (κ2) is 10.6. The van der Waals surface area contributed by atoms with E-state index in [1.54, 1.807) is 6.07 Å². The SMILES string of the molecule is C=CCC(CC)CCNCc1ccc(OCc2ccccc2)cc1O. The van der Waals surface area contributed by atoms with E-state index >= 15 is 0 Å². The van der Waals surface area contributed by atoms with Gasteiger partial charge in [-0.25, -0.2) is 0 Å². The molecule has 2 aromatic rings. The van der Waals surface area contributed by atoms with Gasteiger partial charge in [0.1, 0.15) is 18.1 Å². The Hall–Kier alpha value is -2.26. The molecule has 1 atom stereocenters. The molecule has 0 aromatic heterocycles. The molecular formula is C22H29NO2. The van der Waals surface area contributed by atoms with Crippen LogP contribution < -0.4 is 10.1 Å². The van der Waals surface area contributed by atoms with Crippen molar-refractivity contribution in [3.63, 3.8) is 0 Å². The summed E-state index contributed by atoms with van der Waals surface area (Å²) >= 11 is 0. The van der Waals surface area contributed by atoms with Crippen LogP contribution in [0.5, 0.6) is 11.5 Å². The third kappa shape index (κ3) is 6.63. The number of rotatable bonds is 11. The van der Waals surface area contributed by atoms with Gasteiger partial charge in [-0.15, -0.1) is 6.58 Å². The van der Waals surface area contributed by atoms with Crippen molar-refractivity contribution in [1.82, 2.24) is 5.32 Å². The van der Waals surface area contributed by atoms with Crippen molar-refractivity contribution in [2.24, 2.45) is 5.92 Å². The predicted octanol–water partition coefficient (Wildman–Crippen LogP) is 5.05. The summed E-state index contributed by atoms with van der Waals surface area (Å²) in [4.78, 5) is 0. The molecule has 3 nitrogen and oxygen atoms in total. The maximum absolute atomic E-state index is 10.2. The van der Waals surface area contributed by atoms with Gasteiger partial charge in [-0.1, -0.05) is 55.8 Å². The number of phenolic OH excluding ortho intramolecular Hbond substituents is 1. The number of nitrogens with one attached hydrogen (secondary N) is 1. The Morgan fingerprint density at radius 2 is 2.00 bits per heavy atom. The molecule has 0 aliphatic rings. The molecule has 0 amide bonds. The molecule has 0 fully saturated rings. The fourth-order valence-electron chi connectivity index (χ4n) is 2.78. The van der Waals surface area contributed by atoms with E-state index in [2.05, 4.69) is 18.8 Å². The van der Waals surface area contributed by atoms with Crippen LogP contribution in [0.3, 0.4) is 0 Å². The van der Waals surface area contributed by atoms with Gasteiger partial charge in [0.05, 0.1) is 0 Å². The molecule has 0 aliphatic carbocycles. The molecule has 0 heterocycles. The van der Waals surface area contributed by atoms with Crippen LogP contribution in [0.15, 0.2) is 61.2 Å². The van der Waals surface area contributed by atoms with E-state index in [1.807, 2.05) is 48.5 Å². The van der Waals surface area contributed by atoms with E-state index in [0.717, 1.165) is 30.5 Å². The number of hydrogen-bond donors (Lipinski definition) is 2. The third-order valence-electron chi connectivity index (χ3n) is 4.43. The van der Waals surface area contributed by atoms with Crippen LogP contribution in [0.2, 0.25) is 0 Å². The van der Waals surface area contributed by atoms with E-state index in [1.165, 1.54) is 6.42 Å². The highest BCUT2D eigenvalue weighted by Gasteiger charge is 2.06. The Bertz CT molecular complexity index is 640. The summed E-state index contributed by atoms with van der Waals surface area (Å²) in [5.41, 5.74) is 2.00. The third-order valence-corrected chi connectivity index (χ3v) is 4.43. The van der Waals surface area contributed by atoms with Crippen molar-refractivity contribution in [2.45, 2.75) is 39.3 Å². The van der Waals surface area contributed by atoms with Crippen molar-refractivity contribution in [1.29, 1.82) is 0 Å². The zero-order valence-electron chi connectivity index (χ0n) is 15.1. The largest absolute Gasteiger partial charge is 0.507 e. The van der Waals surface area contributed by atoms with Gasteiger partial charge in [0.25, 0.3) is 0 Å². The molecule has 3 heteroatoms. The van der Waals surface area contributed by atoms with Gasteiger partial charge >= 0.3 is 0 Å². The van der Waals surface area contributed by atoms with E-state index in [0.29, 0.717) is 24.8 Å².